The van der Waals surface area contributed by atoms with Crippen LogP contribution in [-0.4, -0.2) is 29.0 Å². The number of carbonyl (C=O) groups is 1. The highest BCUT2D eigenvalue weighted by Gasteiger charge is 2.09. The lowest BCUT2D eigenvalue weighted by Crippen LogP contribution is -2.28. The number of ether oxygens (including phenoxy) is 1. The molecule has 0 saturated carbocycles. The van der Waals surface area contributed by atoms with Gasteiger partial charge in [-0.05, 0) is 22.8 Å². The van der Waals surface area contributed by atoms with Gasteiger partial charge >= 0.3 is 6.09 Å². The van der Waals surface area contributed by atoms with Crippen molar-refractivity contribution in [2.24, 2.45) is 0 Å². The molecule has 3 nitrogen and oxygen atoms in total. The number of benzene rings is 1. The lowest BCUT2D eigenvalue weighted by atomic mass is 10.2. The van der Waals surface area contributed by atoms with E-state index in [1.54, 1.807) is 11.9 Å². The summed E-state index contributed by atoms with van der Waals surface area (Å²) in [6, 6.07) is 9.72. The van der Waals surface area contributed by atoms with Gasteiger partial charge in [0.15, 0.2) is 0 Å². The van der Waals surface area contributed by atoms with Gasteiger partial charge in [-0.25, -0.2) is 4.79 Å². The topological polar surface area (TPSA) is 29.5 Å². The zero-order valence-electron chi connectivity index (χ0n) is 10.1. The number of rotatable bonds is 6. The van der Waals surface area contributed by atoms with E-state index in [2.05, 4.69) is 22.6 Å². The van der Waals surface area contributed by atoms with Crippen molar-refractivity contribution in [1.82, 2.24) is 4.90 Å². The number of halogens is 1. The maximum Gasteiger partial charge on any atom is 0.409 e. The first-order valence-electron chi connectivity index (χ1n) is 5.72. The maximum atomic E-state index is 11.6. The first-order chi connectivity index (χ1) is 8.24. The quantitative estimate of drug-likeness (QED) is 0.448. The van der Waals surface area contributed by atoms with Gasteiger partial charge in [0, 0.05) is 13.6 Å². The summed E-state index contributed by atoms with van der Waals surface area (Å²) in [6.45, 7) is 1.10. The molecule has 94 valence electrons. The first-order valence-corrected chi connectivity index (χ1v) is 7.24. The van der Waals surface area contributed by atoms with Crippen LogP contribution in [0.1, 0.15) is 18.4 Å². The minimum absolute atomic E-state index is 0.248. The predicted molar refractivity (Wildman–Crippen MR) is 77.4 cm³/mol. The number of nitrogens with zero attached hydrogens (tertiary/aromatic N) is 1. The molecule has 4 heteroatoms. The third kappa shape index (κ3) is 5.91. The molecule has 0 aromatic heterocycles. The number of amides is 1. The van der Waals surface area contributed by atoms with Gasteiger partial charge in [0.2, 0.25) is 0 Å². The highest BCUT2D eigenvalue weighted by molar-refractivity contribution is 14.1. The third-order valence-electron chi connectivity index (χ3n) is 2.39. The Morgan fingerprint density at radius 2 is 2.00 bits per heavy atom. The molecule has 0 atom stereocenters. The zero-order chi connectivity index (χ0) is 12.5. The molecule has 0 saturated heterocycles. The Morgan fingerprint density at radius 1 is 1.29 bits per heavy atom. The van der Waals surface area contributed by atoms with Crippen LogP contribution in [0.15, 0.2) is 30.3 Å². The van der Waals surface area contributed by atoms with Crippen LogP contribution >= 0.6 is 22.6 Å². The van der Waals surface area contributed by atoms with Crippen molar-refractivity contribution in [2.45, 2.75) is 19.4 Å². The van der Waals surface area contributed by atoms with Crippen molar-refractivity contribution < 1.29 is 9.53 Å². The Hall–Kier alpha value is -0.780. The van der Waals surface area contributed by atoms with E-state index in [4.69, 9.17) is 4.74 Å². The summed E-state index contributed by atoms with van der Waals surface area (Å²) in [5.41, 5.74) is 1.02. The molecular formula is C13H18INO2. The summed E-state index contributed by atoms with van der Waals surface area (Å²) in [6.07, 6.45) is 1.92. The molecule has 0 radical (unpaired) electrons. The Morgan fingerprint density at radius 3 is 2.65 bits per heavy atom. The molecule has 0 fully saturated rings. The average molecular weight is 347 g/mol. The molecule has 1 aromatic rings. The molecule has 0 unspecified atom stereocenters. The summed E-state index contributed by atoms with van der Waals surface area (Å²) >= 11 is 2.34. The molecular weight excluding hydrogens is 329 g/mol. The molecule has 0 spiro atoms. The van der Waals surface area contributed by atoms with Gasteiger partial charge in [-0.2, -0.15) is 0 Å². The summed E-state index contributed by atoms with van der Waals surface area (Å²) in [7, 11) is 1.78. The molecule has 0 aliphatic rings. The number of hydrogen-bond acceptors (Lipinski definition) is 2. The molecule has 0 heterocycles. The van der Waals surface area contributed by atoms with E-state index >= 15 is 0 Å². The standard InChI is InChI=1S/C13H18INO2/c1-15(10-6-5-9-14)13(16)17-11-12-7-3-2-4-8-12/h2-4,7-8H,5-6,9-11H2,1H3. The van der Waals surface area contributed by atoms with E-state index in [0.29, 0.717) is 6.61 Å². The fourth-order valence-electron chi connectivity index (χ4n) is 1.36. The minimum atomic E-state index is -0.248. The van der Waals surface area contributed by atoms with Crippen LogP contribution in [0, 0.1) is 0 Å². The van der Waals surface area contributed by atoms with E-state index in [1.165, 1.54) is 0 Å². The smallest absolute Gasteiger partial charge is 0.409 e. The van der Waals surface area contributed by atoms with Crippen LogP contribution in [0.4, 0.5) is 4.79 Å². The number of carbonyl (C=O) groups excluding carboxylic acids is 1. The lowest BCUT2D eigenvalue weighted by Gasteiger charge is -2.16. The Kier molecular flexibility index (Phi) is 7.00. The Balaban J connectivity index is 2.24. The first kappa shape index (κ1) is 14.3. The predicted octanol–water partition coefficient (Wildman–Crippen LogP) is 3.47. The van der Waals surface area contributed by atoms with Crippen molar-refractivity contribution in [3.8, 4) is 0 Å². The van der Waals surface area contributed by atoms with Crippen molar-refractivity contribution in [3.63, 3.8) is 0 Å². The van der Waals surface area contributed by atoms with E-state index in [9.17, 15) is 4.79 Å². The Bertz CT molecular complexity index is 329. The van der Waals surface area contributed by atoms with Crippen molar-refractivity contribution in [3.05, 3.63) is 35.9 Å². The lowest BCUT2D eigenvalue weighted by molar-refractivity contribution is 0.104. The largest absolute Gasteiger partial charge is 0.445 e. The fraction of sp³-hybridized carbons (Fsp3) is 0.462. The van der Waals surface area contributed by atoms with Crippen LogP contribution in [0.3, 0.4) is 0 Å². The molecule has 0 bridgehead atoms. The second kappa shape index (κ2) is 8.33. The van der Waals surface area contributed by atoms with Gasteiger partial charge in [-0.1, -0.05) is 52.9 Å². The molecule has 17 heavy (non-hydrogen) atoms. The molecule has 1 aromatic carbocycles. The van der Waals surface area contributed by atoms with Gasteiger partial charge in [0.25, 0.3) is 0 Å². The van der Waals surface area contributed by atoms with E-state index in [-0.39, 0.29) is 6.09 Å². The summed E-state index contributed by atoms with van der Waals surface area (Å²) < 4.78 is 6.34. The van der Waals surface area contributed by atoms with E-state index in [1.807, 2.05) is 30.3 Å². The zero-order valence-corrected chi connectivity index (χ0v) is 12.2. The Labute approximate surface area is 116 Å². The number of unbranched alkanes of at least 4 members (excludes halogenated alkanes) is 1. The fourth-order valence-corrected chi connectivity index (χ4v) is 1.90. The van der Waals surface area contributed by atoms with Crippen LogP contribution in [0.5, 0.6) is 0 Å². The summed E-state index contributed by atoms with van der Waals surface area (Å²) in [4.78, 5) is 13.2. The number of alkyl halides is 1. The second-order valence-electron chi connectivity index (χ2n) is 3.86. The van der Waals surface area contributed by atoms with Gasteiger partial charge in [0.05, 0.1) is 0 Å². The highest BCUT2D eigenvalue weighted by atomic mass is 127. The SMILES string of the molecule is CN(CCCCI)C(=O)OCc1ccccc1. The van der Waals surface area contributed by atoms with Crippen LogP contribution in [-0.2, 0) is 11.3 Å². The van der Waals surface area contributed by atoms with Crippen molar-refractivity contribution in [1.29, 1.82) is 0 Å². The summed E-state index contributed by atoms with van der Waals surface area (Å²) in [5.74, 6) is 0. The molecule has 0 N–H and O–H groups in total. The highest BCUT2D eigenvalue weighted by Crippen LogP contribution is 2.03. The van der Waals surface area contributed by atoms with Crippen LogP contribution < -0.4 is 0 Å². The number of hydrogen-bond donors (Lipinski definition) is 0. The van der Waals surface area contributed by atoms with Crippen LogP contribution in [0.25, 0.3) is 0 Å². The van der Waals surface area contributed by atoms with E-state index < -0.39 is 0 Å². The average Bonchev–Trinajstić information content (AvgIpc) is 2.37. The maximum absolute atomic E-state index is 11.6. The normalized spacial score (nSPS) is 10.0. The molecule has 1 amide bonds. The van der Waals surface area contributed by atoms with Gasteiger partial charge in [-0.15, -0.1) is 0 Å². The second-order valence-corrected chi connectivity index (χ2v) is 4.94. The monoisotopic (exact) mass is 347 g/mol. The van der Waals surface area contributed by atoms with Crippen molar-refractivity contribution >= 4 is 28.7 Å². The van der Waals surface area contributed by atoms with Crippen molar-refractivity contribution in [2.75, 3.05) is 18.0 Å². The van der Waals surface area contributed by atoms with Gasteiger partial charge in [-0.3, -0.25) is 0 Å². The summed E-state index contributed by atoms with van der Waals surface area (Å²) in [5, 5.41) is 0. The van der Waals surface area contributed by atoms with Gasteiger partial charge < -0.3 is 9.64 Å². The molecule has 0 aliphatic heterocycles. The molecule has 0 aliphatic carbocycles. The van der Waals surface area contributed by atoms with E-state index in [0.717, 1.165) is 29.4 Å². The van der Waals surface area contributed by atoms with Gasteiger partial charge in [0.1, 0.15) is 6.61 Å². The molecule has 1 rings (SSSR count). The third-order valence-corrected chi connectivity index (χ3v) is 3.16. The minimum Gasteiger partial charge on any atom is -0.445 e. The van der Waals surface area contributed by atoms with Crippen LogP contribution in [0.2, 0.25) is 0 Å².